The summed E-state index contributed by atoms with van der Waals surface area (Å²) in [6.07, 6.45) is 0. The first kappa shape index (κ1) is 17.7. The minimum atomic E-state index is -0.512. The summed E-state index contributed by atoms with van der Waals surface area (Å²) in [7, 11) is 1.33. The summed E-state index contributed by atoms with van der Waals surface area (Å²) in [5.41, 5.74) is 1.61. The molecular formula is C18H22N2O4. The molecule has 0 aliphatic rings. The van der Waals surface area contributed by atoms with Crippen molar-refractivity contribution in [2.45, 2.75) is 32.7 Å². The molecule has 6 heteroatoms. The van der Waals surface area contributed by atoms with E-state index in [0.717, 1.165) is 5.56 Å². The first-order valence-corrected chi connectivity index (χ1v) is 7.84. The standard InChI is InChI=1S/C18H22N2O4/c1-11(18(22)23-4)13(3)19-17(21)12(2)16-10-15(20-24-16)14-8-6-5-7-9-14/h5-13H,1-4H3,(H,19,21). The number of ether oxygens (including phenoxy) is 1. The molecule has 3 atom stereocenters. The molecule has 0 saturated carbocycles. The van der Waals surface area contributed by atoms with Crippen LogP contribution in [0.5, 0.6) is 0 Å². The summed E-state index contributed by atoms with van der Waals surface area (Å²) in [5, 5.41) is 6.83. The van der Waals surface area contributed by atoms with E-state index in [1.165, 1.54) is 7.11 Å². The van der Waals surface area contributed by atoms with Crippen LogP contribution >= 0.6 is 0 Å². The first-order valence-electron chi connectivity index (χ1n) is 7.84. The number of amides is 1. The van der Waals surface area contributed by atoms with E-state index in [1.54, 1.807) is 26.8 Å². The topological polar surface area (TPSA) is 81.4 Å². The Hall–Kier alpha value is -2.63. The summed E-state index contributed by atoms with van der Waals surface area (Å²) >= 11 is 0. The fourth-order valence-corrected chi connectivity index (χ4v) is 2.23. The third-order valence-electron chi connectivity index (χ3n) is 4.11. The molecule has 0 aliphatic carbocycles. The number of nitrogens with zero attached hydrogens (tertiary/aromatic N) is 1. The maximum Gasteiger partial charge on any atom is 0.310 e. The predicted molar refractivity (Wildman–Crippen MR) is 89.1 cm³/mol. The van der Waals surface area contributed by atoms with Crippen LogP contribution in [0.2, 0.25) is 0 Å². The molecule has 0 radical (unpaired) electrons. The molecule has 1 aromatic carbocycles. The number of carbonyl (C=O) groups excluding carboxylic acids is 2. The molecule has 128 valence electrons. The second-order valence-corrected chi connectivity index (χ2v) is 5.81. The van der Waals surface area contributed by atoms with E-state index in [2.05, 4.69) is 10.5 Å². The number of nitrogens with one attached hydrogen (secondary N) is 1. The third kappa shape index (κ3) is 4.01. The first-order chi connectivity index (χ1) is 11.4. The highest BCUT2D eigenvalue weighted by molar-refractivity contribution is 5.84. The number of rotatable bonds is 6. The van der Waals surface area contributed by atoms with Crippen LogP contribution in [-0.2, 0) is 14.3 Å². The van der Waals surface area contributed by atoms with Crippen molar-refractivity contribution < 1.29 is 18.8 Å². The van der Waals surface area contributed by atoms with Gasteiger partial charge in [0.15, 0.2) is 0 Å². The highest BCUT2D eigenvalue weighted by atomic mass is 16.5. The lowest BCUT2D eigenvalue weighted by Gasteiger charge is -2.20. The summed E-state index contributed by atoms with van der Waals surface area (Å²) < 4.78 is 10.0. The van der Waals surface area contributed by atoms with Crippen LogP contribution in [-0.4, -0.2) is 30.2 Å². The molecule has 6 nitrogen and oxygen atoms in total. The average molecular weight is 330 g/mol. The number of esters is 1. The molecule has 1 heterocycles. The molecule has 0 bridgehead atoms. The molecule has 1 amide bonds. The largest absolute Gasteiger partial charge is 0.469 e. The molecule has 0 aliphatic heterocycles. The van der Waals surface area contributed by atoms with Gasteiger partial charge in [0.2, 0.25) is 5.91 Å². The Labute approximate surface area is 141 Å². The van der Waals surface area contributed by atoms with Crippen LogP contribution in [0.4, 0.5) is 0 Å². The van der Waals surface area contributed by atoms with Gasteiger partial charge in [-0.3, -0.25) is 9.59 Å². The van der Waals surface area contributed by atoms with E-state index in [9.17, 15) is 9.59 Å². The smallest absolute Gasteiger partial charge is 0.310 e. The van der Waals surface area contributed by atoms with Crippen molar-refractivity contribution in [2.24, 2.45) is 5.92 Å². The predicted octanol–water partition coefficient (Wildman–Crippen LogP) is 2.76. The van der Waals surface area contributed by atoms with Crippen LogP contribution < -0.4 is 5.32 Å². The van der Waals surface area contributed by atoms with Crippen LogP contribution in [0.25, 0.3) is 11.3 Å². The number of hydrogen-bond acceptors (Lipinski definition) is 5. The molecule has 2 aromatic rings. The van der Waals surface area contributed by atoms with Gasteiger partial charge >= 0.3 is 5.97 Å². The van der Waals surface area contributed by atoms with Gasteiger partial charge in [0.05, 0.1) is 18.9 Å². The van der Waals surface area contributed by atoms with Gasteiger partial charge in [0.1, 0.15) is 11.5 Å². The van der Waals surface area contributed by atoms with Gasteiger partial charge in [0, 0.05) is 17.7 Å². The van der Waals surface area contributed by atoms with Gasteiger partial charge in [-0.1, -0.05) is 35.5 Å². The number of hydrogen-bond donors (Lipinski definition) is 1. The molecule has 1 N–H and O–H groups in total. The molecule has 24 heavy (non-hydrogen) atoms. The summed E-state index contributed by atoms with van der Waals surface area (Å²) in [6, 6.07) is 11.0. The molecular weight excluding hydrogens is 308 g/mol. The van der Waals surface area contributed by atoms with E-state index in [0.29, 0.717) is 11.5 Å². The normalized spacial score (nSPS) is 14.5. The van der Waals surface area contributed by atoms with Gasteiger partial charge in [-0.2, -0.15) is 0 Å². The van der Waals surface area contributed by atoms with Crippen LogP contribution in [0.15, 0.2) is 40.9 Å². The highest BCUT2D eigenvalue weighted by Gasteiger charge is 2.26. The summed E-state index contributed by atoms with van der Waals surface area (Å²) in [5.74, 6) is -1.05. The quantitative estimate of drug-likeness (QED) is 0.824. The number of aromatic nitrogens is 1. The number of benzene rings is 1. The van der Waals surface area contributed by atoms with Crippen molar-refractivity contribution in [3.8, 4) is 11.3 Å². The molecule has 0 fully saturated rings. The molecule has 0 saturated heterocycles. The lowest BCUT2D eigenvalue weighted by molar-refractivity contribution is -0.145. The van der Waals surface area contributed by atoms with Crippen LogP contribution in [0.1, 0.15) is 32.4 Å². The molecule has 2 rings (SSSR count). The monoisotopic (exact) mass is 330 g/mol. The second-order valence-electron chi connectivity index (χ2n) is 5.81. The Morgan fingerprint density at radius 3 is 2.46 bits per heavy atom. The Balaban J connectivity index is 2.03. The zero-order chi connectivity index (χ0) is 17.7. The fraction of sp³-hybridized carbons (Fsp3) is 0.389. The lowest BCUT2D eigenvalue weighted by Crippen LogP contribution is -2.42. The maximum absolute atomic E-state index is 12.4. The van der Waals surface area contributed by atoms with Crippen molar-refractivity contribution >= 4 is 11.9 Å². The SMILES string of the molecule is COC(=O)C(C)C(C)NC(=O)C(C)c1cc(-c2ccccc2)no1. The number of carbonyl (C=O) groups is 2. The highest BCUT2D eigenvalue weighted by Crippen LogP contribution is 2.23. The van der Waals surface area contributed by atoms with Crippen molar-refractivity contribution in [1.29, 1.82) is 0 Å². The van der Waals surface area contributed by atoms with Crippen molar-refractivity contribution in [3.05, 3.63) is 42.2 Å². The van der Waals surface area contributed by atoms with Gasteiger partial charge in [-0.25, -0.2) is 0 Å². The Morgan fingerprint density at radius 2 is 1.83 bits per heavy atom. The second kappa shape index (κ2) is 7.77. The third-order valence-corrected chi connectivity index (χ3v) is 4.11. The molecule has 1 aromatic heterocycles. The summed E-state index contributed by atoms with van der Waals surface area (Å²) in [6.45, 7) is 5.21. The van der Waals surface area contributed by atoms with E-state index in [-0.39, 0.29) is 17.9 Å². The van der Waals surface area contributed by atoms with Crippen molar-refractivity contribution in [3.63, 3.8) is 0 Å². The Kier molecular flexibility index (Phi) is 5.73. The van der Waals surface area contributed by atoms with Gasteiger partial charge in [-0.15, -0.1) is 0 Å². The summed E-state index contributed by atoms with van der Waals surface area (Å²) in [4.78, 5) is 23.9. The lowest BCUT2D eigenvalue weighted by atomic mass is 10.0. The fourth-order valence-electron chi connectivity index (χ4n) is 2.23. The van der Waals surface area contributed by atoms with Gasteiger partial charge < -0.3 is 14.6 Å². The minimum absolute atomic E-state index is 0.228. The van der Waals surface area contributed by atoms with E-state index in [4.69, 9.17) is 9.26 Å². The van der Waals surface area contributed by atoms with Gasteiger partial charge in [-0.05, 0) is 20.8 Å². The van der Waals surface area contributed by atoms with Crippen molar-refractivity contribution in [1.82, 2.24) is 10.5 Å². The van der Waals surface area contributed by atoms with E-state index >= 15 is 0 Å². The maximum atomic E-state index is 12.4. The Morgan fingerprint density at radius 1 is 1.17 bits per heavy atom. The van der Waals surface area contributed by atoms with E-state index < -0.39 is 11.8 Å². The minimum Gasteiger partial charge on any atom is -0.469 e. The van der Waals surface area contributed by atoms with Crippen LogP contribution in [0.3, 0.4) is 0 Å². The van der Waals surface area contributed by atoms with Crippen molar-refractivity contribution in [2.75, 3.05) is 7.11 Å². The van der Waals surface area contributed by atoms with E-state index in [1.807, 2.05) is 30.3 Å². The van der Waals surface area contributed by atoms with Crippen LogP contribution in [0, 0.1) is 5.92 Å². The molecule has 3 unspecified atom stereocenters. The van der Waals surface area contributed by atoms with Gasteiger partial charge in [0.25, 0.3) is 0 Å². The zero-order valence-corrected chi connectivity index (χ0v) is 14.3. The zero-order valence-electron chi connectivity index (χ0n) is 14.3. The molecule has 0 spiro atoms. The Bertz CT molecular complexity index is 696. The number of methoxy groups -OCH3 is 1. The average Bonchev–Trinajstić information content (AvgIpc) is 3.10.